The molecule has 1 aliphatic heterocycles. The van der Waals surface area contributed by atoms with E-state index in [1.165, 1.54) is 19.3 Å². The molecule has 2 unspecified atom stereocenters. The zero-order valence-corrected chi connectivity index (χ0v) is 13.6. The lowest BCUT2D eigenvalue weighted by atomic mass is 9.98. The highest BCUT2D eigenvalue weighted by Crippen LogP contribution is 2.47. The maximum absolute atomic E-state index is 12.1. The molecule has 4 rings (SSSR count). The third-order valence-electron chi connectivity index (χ3n) is 5.49. The van der Waals surface area contributed by atoms with Gasteiger partial charge in [-0.05, 0) is 56.1 Å². The molecule has 1 N–H and O–H groups in total. The number of carbonyl (C=O) groups excluding carboxylic acids is 1. The first-order chi connectivity index (χ1) is 11.2. The largest absolute Gasteiger partial charge is 0.493 e. The average molecular weight is 316 g/mol. The van der Waals surface area contributed by atoms with E-state index in [9.17, 15) is 4.79 Å². The molecule has 3 aliphatic rings. The summed E-state index contributed by atoms with van der Waals surface area (Å²) in [4.78, 5) is 13.8. The first-order valence-electron chi connectivity index (χ1n) is 8.64. The number of urea groups is 1. The summed E-state index contributed by atoms with van der Waals surface area (Å²) in [6.45, 7) is 1.49. The second-order valence-electron chi connectivity index (χ2n) is 6.90. The van der Waals surface area contributed by atoms with E-state index >= 15 is 0 Å². The Hall–Kier alpha value is -1.91. The number of nitrogens with zero attached hydrogens (tertiary/aromatic N) is 1. The van der Waals surface area contributed by atoms with E-state index in [4.69, 9.17) is 9.47 Å². The van der Waals surface area contributed by atoms with Crippen molar-refractivity contribution in [3.8, 4) is 11.5 Å². The third kappa shape index (κ3) is 2.73. The monoisotopic (exact) mass is 316 g/mol. The molecule has 2 aliphatic carbocycles. The highest BCUT2D eigenvalue weighted by Gasteiger charge is 2.41. The summed E-state index contributed by atoms with van der Waals surface area (Å²) >= 11 is 0. The van der Waals surface area contributed by atoms with Gasteiger partial charge in [0, 0.05) is 24.8 Å². The van der Waals surface area contributed by atoms with Crippen LogP contribution >= 0.6 is 0 Å². The molecule has 2 saturated carbocycles. The third-order valence-corrected chi connectivity index (χ3v) is 5.49. The number of fused-ring (bicyclic) bond motifs is 2. The van der Waals surface area contributed by atoms with E-state index in [0.29, 0.717) is 12.0 Å². The van der Waals surface area contributed by atoms with Crippen LogP contribution in [-0.2, 0) is 0 Å². The fraction of sp³-hybridized carbons (Fsp3) is 0.611. The molecule has 0 spiro atoms. The number of rotatable bonds is 4. The molecule has 5 nitrogen and oxygen atoms in total. The number of hydrogen-bond acceptors (Lipinski definition) is 3. The first kappa shape index (κ1) is 14.7. The van der Waals surface area contributed by atoms with Crippen molar-refractivity contribution >= 4 is 11.7 Å². The van der Waals surface area contributed by atoms with Crippen molar-refractivity contribution in [3.63, 3.8) is 0 Å². The fourth-order valence-corrected chi connectivity index (χ4v) is 4.29. The maximum Gasteiger partial charge on any atom is 0.321 e. The minimum Gasteiger partial charge on any atom is -0.493 e. The van der Waals surface area contributed by atoms with Gasteiger partial charge in [0.25, 0.3) is 0 Å². The average Bonchev–Trinajstić information content (AvgIpc) is 3.18. The minimum absolute atomic E-state index is 0.0349. The fourth-order valence-electron chi connectivity index (χ4n) is 4.29. The highest BCUT2D eigenvalue weighted by atomic mass is 16.5. The molecule has 1 aromatic rings. The molecular weight excluding hydrogens is 292 g/mol. The van der Waals surface area contributed by atoms with Crippen LogP contribution in [0.25, 0.3) is 0 Å². The molecule has 1 aromatic carbocycles. The summed E-state index contributed by atoms with van der Waals surface area (Å²) in [5, 5.41) is 2.89. The lowest BCUT2D eigenvalue weighted by molar-refractivity contribution is 0.133. The first-order valence-corrected chi connectivity index (χ1v) is 8.64. The molecule has 124 valence electrons. The SMILES string of the molecule is COc1ccc(N2CCCNC2=O)cc1O[C@H]1CC2CCC1C2. The molecule has 0 radical (unpaired) electrons. The normalized spacial score (nSPS) is 29.5. The topological polar surface area (TPSA) is 50.8 Å². The standard InChI is InChI=1S/C18H24N2O3/c1-22-15-6-5-14(20-8-2-7-19-18(20)21)11-17(15)23-16-10-12-3-4-13(16)9-12/h5-6,11-13,16H,2-4,7-10H2,1H3,(H,19,21)/t12?,13?,16-/m0/s1. The summed E-state index contributed by atoms with van der Waals surface area (Å²) in [7, 11) is 1.66. The number of amides is 2. The van der Waals surface area contributed by atoms with Gasteiger partial charge >= 0.3 is 6.03 Å². The Labute approximate surface area is 136 Å². The number of ether oxygens (including phenoxy) is 2. The van der Waals surface area contributed by atoms with Gasteiger partial charge in [0.2, 0.25) is 0 Å². The van der Waals surface area contributed by atoms with Crippen LogP contribution < -0.4 is 19.7 Å². The number of methoxy groups -OCH3 is 1. The van der Waals surface area contributed by atoms with E-state index in [2.05, 4.69) is 5.32 Å². The number of carbonyl (C=O) groups is 1. The highest BCUT2D eigenvalue weighted by molar-refractivity contribution is 5.93. The quantitative estimate of drug-likeness (QED) is 0.928. The van der Waals surface area contributed by atoms with Gasteiger partial charge < -0.3 is 14.8 Å². The van der Waals surface area contributed by atoms with Crippen LogP contribution in [0.1, 0.15) is 32.1 Å². The number of hydrogen-bond donors (Lipinski definition) is 1. The van der Waals surface area contributed by atoms with Gasteiger partial charge in [0.15, 0.2) is 11.5 Å². The number of anilines is 1. The molecular formula is C18H24N2O3. The zero-order valence-electron chi connectivity index (χ0n) is 13.6. The Morgan fingerprint density at radius 2 is 2.13 bits per heavy atom. The van der Waals surface area contributed by atoms with E-state index in [0.717, 1.165) is 49.0 Å². The second kappa shape index (κ2) is 5.95. The number of nitrogens with one attached hydrogen (secondary N) is 1. The summed E-state index contributed by atoms with van der Waals surface area (Å²) in [6, 6.07) is 5.75. The molecule has 2 amide bonds. The summed E-state index contributed by atoms with van der Waals surface area (Å²) < 4.78 is 11.8. The molecule has 1 saturated heterocycles. The predicted octanol–water partition coefficient (Wildman–Crippen LogP) is 3.18. The smallest absolute Gasteiger partial charge is 0.321 e. The van der Waals surface area contributed by atoms with Gasteiger partial charge in [-0.15, -0.1) is 0 Å². The van der Waals surface area contributed by atoms with Gasteiger partial charge in [-0.3, -0.25) is 4.90 Å². The Bertz CT molecular complexity index is 604. The molecule has 3 fully saturated rings. The van der Waals surface area contributed by atoms with Gasteiger partial charge in [-0.1, -0.05) is 0 Å². The van der Waals surface area contributed by atoms with E-state index in [1.54, 1.807) is 12.0 Å². The van der Waals surface area contributed by atoms with Gasteiger partial charge in [0.05, 0.1) is 7.11 Å². The summed E-state index contributed by atoms with van der Waals surface area (Å²) in [5.41, 5.74) is 0.876. The molecule has 1 heterocycles. The van der Waals surface area contributed by atoms with Crippen molar-refractivity contribution in [3.05, 3.63) is 18.2 Å². The minimum atomic E-state index is -0.0349. The van der Waals surface area contributed by atoms with Crippen molar-refractivity contribution in [1.82, 2.24) is 5.32 Å². The predicted molar refractivity (Wildman–Crippen MR) is 88.2 cm³/mol. The molecule has 5 heteroatoms. The molecule has 2 bridgehead atoms. The van der Waals surface area contributed by atoms with Crippen LogP contribution in [0.2, 0.25) is 0 Å². The van der Waals surface area contributed by atoms with E-state index in [1.807, 2.05) is 18.2 Å². The Morgan fingerprint density at radius 1 is 1.22 bits per heavy atom. The van der Waals surface area contributed by atoms with Crippen molar-refractivity contribution in [2.45, 2.75) is 38.2 Å². The molecule has 0 aromatic heterocycles. The summed E-state index contributed by atoms with van der Waals surface area (Å²) in [5.74, 6) is 3.04. The van der Waals surface area contributed by atoms with Crippen molar-refractivity contribution in [1.29, 1.82) is 0 Å². The zero-order chi connectivity index (χ0) is 15.8. The Morgan fingerprint density at radius 3 is 2.83 bits per heavy atom. The van der Waals surface area contributed by atoms with E-state index in [-0.39, 0.29) is 6.03 Å². The Balaban J connectivity index is 1.57. The molecule has 3 atom stereocenters. The van der Waals surface area contributed by atoms with Crippen molar-refractivity contribution in [2.24, 2.45) is 11.8 Å². The van der Waals surface area contributed by atoms with Crippen LogP contribution in [0.15, 0.2) is 18.2 Å². The van der Waals surface area contributed by atoms with Crippen LogP contribution in [0.4, 0.5) is 10.5 Å². The second-order valence-corrected chi connectivity index (χ2v) is 6.90. The molecule has 23 heavy (non-hydrogen) atoms. The van der Waals surface area contributed by atoms with Crippen LogP contribution in [0.5, 0.6) is 11.5 Å². The van der Waals surface area contributed by atoms with Gasteiger partial charge in [-0.25, -0.2) is 4.79 Å². The van der Waals surface area contributed by atoms with Gasteiger partial charge in [0.1, 0.15) is 6.10 Å². The Kier molecular flexibility index (Phi) is 3.79. The lowest BCUT2D eigenvalue weighted by Gasteiger charge is -2.29. The number of benzene rings is 1. The van der Waals surface area contributed by atoms with E-state index < -0.39 is 0 Å². The van der Waals surface area contributed by atoms with Crippen molar-refractivity contribution < 1.29 is 14.3 Å². The van der Waals surface area contributed by atoms with Crippen LogP contribution in [0, 0.1) is 11.8 Å². The van der Waals surface area contributed by atoms with Crippen molar-refractivity contribution in [2.75, 3.05) is 25.1 Å². The van der Waals surface area contributed by atoms with Crippen LogP contribution in [0.3, 0.4) is 0 Å². The van der Waals surface area contributed by atoms with Gasteiger partial charge in [-0.2, -0.15) is 0 Å². The lowest BCUT2D eigenvalue weighted by Crippen LogP contribution is -2.46. The summed E-state index contributed by atoms with van der Waals surface area (Å²) in [6.07, 6.45) is 6.36. The van der Waals surface area contributed by atoms with Crippen LogP contribution in [-0.4, -0.2) is 32.3 Å². The maximum atomic E-state index is 12.1.